The van der Waals surface area contributed by atoms with Crippen molar-refractivity contribution in [3.8, 4) is 0 Å². The van der Waals surface area contributed by atoms with Crippen molar-refractivity contribution in [3.63, 3.8) is 0 Å². The van der Waals surface area contributed by atoms with Crippen molar-refractivity contribution in [3.05, 3.63) is 69.3 Å². The molecule has 0 aromatic heterocycles. The Morgan fingerprint density at radius 2 is 1.57 bits per heavy atom. The van der Waals surface area contributed by atoms with E-state index in [9.17, 15) is 9.59 Å². The molecule has 0 radical (unpaired) electrons. The van der Waals surface area contributed by atoms with E-state index in [2.05, 4.69) is 11.8 Å². The number of imide groups is 1. The zero-order valence-corrected chi connectivity index (χ0v) is 18.5. The van der Waals surface area contributed by atoms with Crippen molar-refractivity contribution < 1.29 is 9.59 Å². The molecule has 7 heteroatoms. The first-order chi connectivity index (χ1) is 14.4. The highest BCUT2D eigenvalue weighted by Gasteiger charge is 2.43. The van der Waals surface area contributed by atoms with Crippen LogP contribution in [0.2, 0.25) is 10.0 Å². The molecule has 1 fully saturated rings. The second-order valence-corrected chi connectivity index (χ2v) is 8.31. The normalized spacial score (nSPS) is 18.0. The van der Waals surface area contributed by atoms with Gasteiger partial charge in [-0.2, -0.15) is 0 Å². The molecule has 2 aliphatic rings. The molecular weight excluding hydrogens is 421 g/mol. The lowest BCUT2D eigenvalue weighted by atomic mass is 10.0. The summed E-state index contributed by atoms with van der Waals surface area (Å²) in [6.45, 7) is 8.15. The molecular formula is C23H23Cl2N3O2. The molecule has 5 nitrogen and oxygen atoms in total. The van der Waals surface area contributed by atoms with Crippen LogP contribution in [0.15, 0.2) is 48.2 Å². The van der Waals surface area contributed by atoms with Gasteiger partial charge in [0.15, 0.2) is 0 Å². The van der Waals surface area contributed by atoms with E-state index in [1.54, 1.807) is 18.2 Å². The van der Waals surface area contributed by atoms with E-state index in [1.165, 1.54) is 0 Å². The number of hydrogen-bond acceptors (Lipinski definition) is 4. The highest BCUT2D eigenvalue weighted by atomic mass is 35.5. The van der Waals surface area contributed by atoms with E-state index in [0.29, 0.717) is 35.1 Å². The minimum absolute atomic E-state index is 0.196. The largest absolute Gasteiger partial charge is 0.364 e. The molecule has 2 aliphatic heterocycles. The van der Waals surface area contributed by atoms with Crippen LogP contribution in [0.25, 0.3) is 5.57 Å². The Balaban J connectivity index is 1.80. The number of hydrogen-bond donors (Lipinski definition) is 0. The third kappa shape index (κ3) is 3.62. The average molecular weight is 444 g/mol. The first-order valence-electron chi connectivity index (χ1n) is 10.0. The van der Waals surface area contributed by atoms with Gasteiger partial charge in [0, 0.05) is 26.2 Å². The molecule has 156 valence electrons. The van der Waals surface area contributed by atoms with Gasteiger partial charge in [-0.05, 0) is 31.2 Å². The third-order valence-corrected chi connectivity index (χ3v) is 6.52. The number of rotatable bonds is 4. The zero-order valence-electron chi connectivity index (χ0n) is 17.0. The molecule has 0 N–H and O–H groups in total. The lowest BCUT2D eigenvalue weighted by Gasteiger charge is -2.36. The molecule has 2 heterocycles. The number of carbonyl (C=O) groups excluding carboxylic acids is 2. The van der Waals surface area contributed by atoms with Crippen LogP contribution in [0.1, 0.15) is 18.1 Å². The van der Waals surface area contributed by atoms with E-state index in [-0.39, 0.29) is 16.8 Å². The summed E-state index contributed by atoms with van der Waals surface area (Å²) in [5.41, 5.74) is 2.99. The third-order valence-electron chi connectivity index (χ3n) is 5.71. The van der Waals surface area contributed by atoms with E-state index < -0.39 is 0 Å². The lowest BCUT2D eigenvalue weighted by molar-refractivity contribution is -0.120. The monoisotopic (exact) mass is 443 g/mol. The molecule has 4 rings (SSSR count). The maximum Gasteiger partial charge on any atom is 0.282 e. The summed E-state index contributed by atoms with van der Waals surface area (Å²) in [4.78, 5) is 32.6. The number of likely N-dealkylation sites (N-methyl/N-ethyl adjacent to an activating group) is 1. The highest BCUT2D eigenvalue weighted by Crippen LogP contribution is 2.40. The van der Waals surface area contributed by atoms with Gasteiger partial charge >= 0.3 is 0 Å². The molecule has 30 heavy (non-hydrogen) atoms. The lowest BCUT2D eigenvalue weighted by Crippen LogP contribution is -2.47. The van der Waals surface area contributed by atoms with Crippen molar-refractivity contribution in [2.45, 2.75) is 13.8 Å². The van der Waals surface area contributed by atoms with Crippen LogP contribution in [-0.2, 0) is 9.59 Å². The highest BCUT2D eigenvalue weighted by molar-refractivity contribution is 6.49. The molecule has 0 saturated carbocycles. The van der Waals surface area contributed by atoms with Crippen molar-refractivity contribution in [1.82, 2.24) is 9.80 Å². The smallest absolute Gasteiger partial charge is 0.282 e. The number of carbonyl (C=O) groups is 2. The molecule has 0 atom stereocenters. The van der Waals surface area contributed by atoms with Crippen molar-refractivity contribution in [1.29, 1.82) is 0 Å². The molecule has 2 amide bonds. The standard InChI is InChI=1S/C23H23Cl2N3O2/c1-3-26-11-13-27(14-12-26)21-19(16-9-7-15(2)8-10-16)22(29)28(23(21)30)18-6-4-5-17(24)20(18)25/h4-10H,3,11-14H2,1-2H3. The summed E-state index contributed by atoms with van der Waals surface area (Å²) in [7, 11) is 0. The van der Waals surface area contributed by atoms with Gasteiger partial charge in [-0.15, -0.1) is 0 Å². The van der Waals surface area contributed by atoms with Gasteiger partial charge in [0.25, 0.3) is 11.8 Å². The Bertz CT molecular complexity index is 1030. The number of benzene rings is 2. The first kappa shape index (κ1) is 20.9. The molecule has 0 spiro atoms. The van der Waals surface area contributed by atoms with Gasteiger partial charge in [-0.3, -0.25) is 9.59 Å². The molecule has 2 aromatic carbocycles. The summed E-state index contributed by atoms with van der Waals surface area (Å²) >= 11 is 12.5. The number of nitrogens with zero attached hydrogens (tertiary/aromatic N) is 3. The van der Waals surface area contributed by atoms with Crippen LogP contribution in [0, 0.1) is 6.92 Å². The molecule has 2 aromatic rings. The van der Waals surface area contributed by atoms with E-state index in [1.807, 2.05) is 36.1 Å². The van der Waals surface area contributed by atoms with Crippen LogP contribution >= 0.6 is 23.2 Å². The Labute approximate surface area is 186 Å². The Morgan fingerprint density at radius 1 is 0.900 bits per heavy atom. The fraction of sp³-hybridized carbons (Fsp3) is 0.304. The second kappa shape index (κ2) is 8.42. The molecule has 0 aliphatic carbocycles. The number of aryl methyl sites for hydroxylation is 1. The predicted molar refractivity (Wildman–Crippen MR) is 121 cm³/mol. The second-order valence-electron chi connectivity index (χ2n) is 7.53. The maximum atomic E-state index is 13.6. The molecule has 0 unspecified atom stereocenters. The van der Waals surface area contributed by atoms with Crippen LogP contribution in [-0.4, -0.2) is 54.3 Å². The maximum absolute atomic E-state index is 13.6. The van der Waals surface area contributed by atoms with Crippen molar-refractivity contribution >= 4 is 46.3 Å². The van der Waals surface area contributed by atoms with Gasteiger partial charge in [-0.25, -0.2) is 4.90 Å². The van der Waals surface area contributed by atoms with E-state index in [0.717, 1.165) is 35.7 Å². The Morgan fingerprint density at radius 3 is 2.20 bits per heavy atom. The molecule has 1 saturated heterocycles. The Kier molecular flexibility index (Phi) is 5.87. The summed E-state index contributed by atoms with van der Waals surface area (Å²) in [5, 5.41) is 0.498. The van der Waals surface area contributed by atoms with Crippen molar-refractivity contribution in [2.24, 2.45) is 0 Å². The fourth-order valence-electron chi connectivity index (χ4n) is 3.96. The number of piperazine rings is 1. The quantitative estimate of drug-likeness (QED) is 0.663. The van der Waals surface area contributed by atoms with Crippen LogP contribution in [0.3, 0.4) is 0 Å². The summed E-state index contributed by atoms with van der Waals surface area (Å²) < 4.78 is 0. The molecule has 0 bridgehead atoms. The van der Waals surface area contributed by atoms with Crippen LogP contribution < -0.4 is 4.90 Å². The first-order valence-corrected chi connectivity index (χ1v) is 10.8. The van der Waals surface area contributed by atoms with E-state index in [4.69, 9.17) is 23.2 Å². The van der Waals surface area contributed by atoms with Gasteiger partial charge in [0.05, 0.1) is 21.3 Å². The Hall–Kier alpha value is -2.34. The summed E-state index contributed by atoms with van der Waals surface area (Å²) in [6.07, 6.45) is 0. The van der Waals surface area contributed by atoms with Crippen molar-refractivity contribution in [2.75, 3.05) is 37.6 Å². The van der Waals surface area contributed by atoms with Gasteiger partial charge in [-0.1, -0.05) is 66.0 Å². The number of amides is 2. The summed E-state index contributed by atoms with van der Waals surface area (Å²) in [6, 6.07) is 12.6. The van der Waals surface area contributed by atoms with Gasteiger partial charge in [0.1, 0.15) is 5.70 Å². The number of anilines is 1. The van der Waals surface area contributed by atoms with Crippen LogP contribution in [0.5, 0.6) is 0 Å². The SMILES string of the molecule is CCN1CCN(C2=C(c3ccc(C)cc3)C(=O)N(c3cccc(Cl)c3Cl)C2=O)CC1. The minimum Gasteiger partial charge on any atom is -0.364 e. The average Bonchev–Trinajstić information content (AvgIpc) is 3.01. The fourth-order valence-corrected chi connectivity index (χ4v) is 4.34. The topological polar surface area (TPSA) is 43.9 Å². The van der Waals surface area contributed by atoms with Crippen LogP contribution in [0.4, 0.5) is 5.69 Å². The number of halogens is 2. The minimum atomic E-state index is -0.374. The van der Waals surface area contributed by atoms with Gasteiger partial charge < -0.3 is 9.80 Å². The summed E-state index contributed by atoms with van der Waals surface area (Å²) in [5.74, 6) is -0.731. The van der Waals surface area contributed by atoms with Gasteiger partial charge in [0.2, 0.25) is 0 Å². The van der Waals surface area contributed by atoms with E-state index >= 15 is 0 Å². The predicted octanol–water partition coefficient (Wildman–Crippen LogP) is 4.22. The zero-order chi connectivity index (χ0) is 21.4.